The highest BCUT2D eigenvalue weighted by molar-refractivity contribution is 7.08. The van der Waals surface area contributed by atoms with Crippen molar-refractivity contribution < 1.29 is 0 Å². The predicted octanol–water partition coefficient (Wildman–Crippen LogP) is 4.52. The summed E-state index contributed by atoms with van der Waals surface area (Å²) in [6.45, 7) is 0. The first-order valence-corrected chi connectivity index (χ1v) is 6.11. The molecule has 86 valence electrons. The number of nitrogens with two attached hydrogens (primary N) is 1. The van der Waals surface area contributed by atoms with Crippen LogP contribution < -0.4 is 5.73 Å². The zero-order valence-electron chi connectivity index (χ0n) is 8.19. The van der Waals surface area contributed by atoms with Crippen molar-refractivity contribution in [3.8, 4) is 0 Å². The number of halogens is 3. The van der Waals surface area contributed by atoms with Gasteiger partial charge in [-0.2, -0.15) is 11.3 Å². The Labute approximate surface area is 115 Å². The van der Waals surface area contributed by atoms with Crippen LogP contribution in [0.1, 0.15) is 17.2 Å². The van der Waals surface area contributed by atoms with E-state index in [1.165, 1.54) is 0 Å². The van der Waals surface area contributed by atoms with Gasteiger partial charge in [-0.05, 0) is 46.2 Å². The molecule has 0 bridgehead atoms. The van der Waals surface area contributed by atoms with Gasteiger partial charge in [-0.3, -0.25) is 0 Å². The Kier molecular flexibility index (Phi) is 5.09. The maximum atomic E-state index is 6.09. The summed E-state index contributed by atoms with van der Waals surface area (Å²) < 4.78 is 0. The fourth-order valence-corrected chi connectivity index (χ4v) is 2.50. The first-order valence-electron chi connectivity index (χ1n) is 4.41. The molecule has 1 nitrogen and oxygen atoms in total. The van der Waals surface area contributed by atoms with Gasteiger partial charge in [-0.1, -0.05) is 23.2 Å². The topological polar surface area (TPSA) is 26.0 Å². The smallest absolute Gasteiger partial charge is 0.0575 e. The molecule has 1 aromatic heterocycles. The second kappa shape index (κ2) is 5.89. The van der Waals surface area contributed by atoms with Crippen LogP contribution in [-0.4, -0.2) is 0 Å². The number of thiophene rings is 1. The summed E-state index contributed by atoms with van der Waals surface area (Å²) >= 11 is 13.6. The third-order valence-corrected chi connectivity index (χ3v) is 3.48. The van der Waals surface area contributed by atoms with E-state index in [1.807, 2.05) is 22.9 Å². The van der Waals surface area contributed by atoms with Crippen molar-refractivity contribution in [2.75, 3.05) is 0 Å². The standard InChI is InChI=1S/C11H9Cl2NS.ClH/c12-8-1-2-10(13)9(5-8)11(14)7-3-4-15-6-7;/h1-6,11H,14H2;1H/t11-;/m0./s1. The van der Waals surface area contributed by atoms with E-state index in [1.54, 1.807) is 23.5 Å². The Balaban J connectivity index is 0.00000128. The van der Waals surface area contributed by atoms with Crippen molar-refractivity contribution in [1.29, 1.82) is 0 Å². The van der Waals surface area contributed by atoms with Crippen LogP contribution in [0.2, 0.25) is 10.0 Å². The monoisotopic (exact) mass is 293 g/mol. The van der Waals surface area contributed by atoms with Crippen molar-refractivity contribution in [2.45, 2.75) is 6.04 Å². The van der Waals surface area contributed by atoms with Crippen LogP contribution in [0.5, 0.6) is 0 Å². The molecule has 0 aliphatic rings. The first-order chi connectivity index (χ1) is 7.18. The van der Waals surface area contributed by atoms with Crippen LogP contribution >= 0.6 is 46.9 Å². The molecule has 0 fully saturated rings. The molecule has 5 heteroatoms. The second-order valence-corrected chi connectivity index (χ2v) is 4.82. The van der Waals surface area contributed by atoms with Gasteiger partial charge in [0.1, 0.15) is 0 Å². The van der Waals surface area contributed by atoms with Gasteiger partial charge < -0.3 is 5.73 Å². The van der Waals surface area contributed by atoms with Gasteiger partial charge >= 0.3 is 0 Å². The third-order valence-electron chi connectivity index (χ3n) is 2.20. The zero-order chi connectivity index (χ0) is 10.8. The lowest BCUT2D eigenvalue weighted by atomic mass is 10.0. The van der Waals surface area contributed by atoms with E-state index in [-0.39, 0.29) is 18.4 Å². The fraction of sp³-hybridized carbons (Fsp3) is 0.0909. The van der Waals surface area contributed by atoms with Gasteiger partial charge in [0, 0.05) is 10.0 Å². The molecule has 0 amide bonds. The largest absolute Gasteiger partial charge is 0.320 e. The highest BCUT2D eigenvalue weighted by atomic mass is 35.5. The maximum Gasteiger partial charge on any atom is 0.0575 e. The van der Waals surface area contributed by atoms with Crippen LogP contribution in [0.25, 0.3) is 0 Å². The molecule has 0 spiro atoms. The van der Waals surface area contributed by atoms with E-state index in [9.17, 15) is 0 Å². The van der Waals surface area contributed by atoms with Crippen LogP contribution in [0.15, 0.2) is 35.0 Å². The summed E-state index contributed by atoms with van der Waals surface area (Å²) in [7, 11) is 0. The molecule has 1 aromatic carbocycles. The van der Waals surface area contributed by atoms with Gasteiger partial charge in [-0.15, -0.1) is 12.4 Å². The van der Waals surface area contributed by atoms with Crippen molar-refractivity contribution in [1.82, 2.24) is 0 Å². The summed E-state index contributed by atoms with van der Waals surface area (Å²) in [5.74, 6) is 0. The molecule has 16 heavy (non-hydrogen) atoms. The molecular weight excluding hydrogens is 285 g/mol. The third kappa shape index (κ3) is 2.90. The molecule has 0 saturated heterocycles. The Bertz CT molecular complexity index is 456. The van der Waals surface area contributed by atoms with Crippen molar-refractivity contribution in [3.63, 3.8) is 0 Å². The van der Waals surface area contributed by atoms with Crippen LogP contribution in [0, 0.1) is 0 Å². The molecule has 0 radical (unpaired) electrons. The van der Waals surface area contributed by atoms with Gasteiger partial charge in [0.15, 0.2) is 0 Å². The highest BCUT2D eigenvalue weighted by Crippen LogP contribution is 2.29. The van der Waals surface area contributed by atoms with Crippen molar-refractivity contribution in [2.24, 2.45) is 5.73 Å². The molecule has 0 saturated carbocycles. The summed E-state index contributed by atoms with van der Waals surface area (Å²) in [5.41, 5.74) is 8.02. The van der Waals surface area contributed by atoms with E-state index in [0.29, 0.717) is 10.0 Å². The Morgan fingerprint density at radius 3 is 2.56 bits per heavy atom. The Hall–Kier alpha value is -0.250. The number of rotatable bonds is 2. The normalized spacial score (nSPS) is 11.9. The Morgan fingerprint density at radius 1 is 1.19 bits per heavy atom. The lowest BCUT2D eigenvalue weighted by Crippen LogP contribution is -2.11. The minimum Gasteiger partial charge on any atom is -0.320 e. The minimum absolute atomic E-state index is 0. The lowest BCUT2D eigenvalue weighted by Gasteiger charge is -2.12. The maximum absolute atomic E-state index is 6.09. The van der Waals surface area contributed by atoms with E-state index in [0.717, 1.165) is 11.1 Å². The second-order valence-electron chi connectivity index (χ2n) is 3.20. The van der Waals surface area contributed by atoms with Crippen molar-refractivity contribution in [3.05, 3.63) is 56.2 Å². The molecule has 2 aromatic rings. The van der Waals surface area contributed by atoms with Gasteiger partial charge in [0.25, 0.3) is 0 Å². The van der Waals surface area contributed by atoms with E-state index >= 15 is 0 Å². The summed E-state index contributed by atoms with van der Waals surface area (Å²) in [4.78, 5) is 0. The molecule has 0 unspecified atom stereocenters. The SMILES string of the molecule is Cl.N[C@@H](c1ccsc1)c1cc(Cl)ccc1Cl. The van der Waals surface area contributed by atoms with Crippen LogP contribution in [0.3, 0.4) is 0 Å². The molecule has 1 atom stereocenters. The van der Waals surface area contributed by atoms with Crippen molar-refractivity contribution >= 4 is 46.9 Å². The van der Waals surface area contributed by atoms with Gasteiger partial charge in [-0.25, -0.2) is 0 Å². The summed E-state index contributed by atoms with van der Waals surface area (Å²) in [5, 5.41) is 5.31. The number of hydrogen-bond donors (Lipinski definition) is 1. The zero-order valence-corrected chi connectivity index (χ0v) is 11.3. The first kappa shape index (κ1) is 13.8. The molecule has 1 heterocycles. The number of hydrogen-bond acceptors (Lipinski definition) is 2. The quantitative estimate of drug-likeness (QED) is 0.865. The summed E-state index contributed by atoms with van der Waals surface area (Å²) in [6, 6.07) is 7.13. The minimum atomic E-state index is -0.206. The number of benzene rings is 1. The Morgan fingerprint density at radius 2 is 1.94 bits per heavy atom. The van der Waals surface area contributed by atoms with E-state index < -0.39 is 0 Å². The molecule has 2 N–H and O–H groups in total. The molecule has 0 aliphatic heterocycles. The molecule has 2 rings (SSSR count). The lowest BCUT2D eigenvalue weighted by molar-refractivity contribution is 0.877. The predicted molar refractivity (Wildman–Crippen MR) is 74.1 cm³/mol. The van der Waals surface area contributed by atoms with Gasteiger partial charge in [0.05, 0.1) is 6.04 Å². The molecular formula is C11H10Cl3NS. The van der Waals surface area contributed by atoms with Crippen LogP contribution in [-0.2, 0) is 0 Å². The average molecular weight is 295 g/mol. The fourth-order valence-electron chi connectivity index (χ4n) is 1.38. The van der Waals surface area contributed by atoms with Gasteiger partial charge in [0.2, 0.25) is 0 Å². The van der Waals surface area contributed by atoms with E-state index in [4.69, 9.17) is 28.9 Å². The highest BCUT2D eigenvalue weighted by Gasteiger charge is 2.13. The van der Waals surface area contributed by atoms with Crippen LogP contribution in [0.4, 0.5) is 0 Å². The summed E-state index contributed by atoms with van der Waals surface area (Å²) in [6.07, 6.45) is 0. The average Bonchev–Trinajstić information content (AvgIpc) is 2.74. The van der Waals surface area contributed by atoms with E-state index in [2.05, 4.69) is 0 Å². The molecule has 0 aliphatic carbocycles.